The Hall–Kier alpha value is -1.35. The van der Waals surface area contributed by atoms with Crippen LogP contribution in [0.1, 0.15) is 64.0 Å². The summed E-state index contributed by atoms with van der Waals surface area (Å²) >= 11 is 0. The van der Waals surface area contributed by atoms with Gasteiger partial charge in [0.1, 0.15) is 0 Å². The van der Waals surface area contributed by atoms with Crippen molar-refractivity contribution in [2.45, 2.75) is 64.5 Å². The Kier molecular flexibility index (Phi) is 6.91. The standard InChI is InChI=1S/C19H29NO2/c1-3-10-16(2)22-19(21)15-18(17-11-6-4-7-12-17)20-13-8-5-9-14-20/h4,6-7,11-12,16,18H,3,5,8-10,13-15H2,1-2H3/t16-,18+/m0/s1. The summed E-state index contributed by atoms with van der Waals surface area (Å²) in [6.45, 7) is 6.26. The van der Waals surface area contributed by atoms with E-state index in [9.17, 15) is 4.79 Å². The molecule has 0 aliphatic carbocycles. The van der Waals surface area contributed by atoms with Crippen LogP contribution in [0.4, 0.5) is 0 Å². The number of nitrogens with zero attached hydrogens (tertiary/aromatic N) is 1. The van der Waals surface area contributed by atoms with Crippen molar-refractivity contribution in [3.63, 3.8) is 0 Å². The van der Waals surface area contributed by atoms with Crippen molar-refractivity contribution in [3.05, 3.63) is 35.9 Å². The minimum absolute atomic E-state index is 0.0234. The van der Waals surface area contributed by atoms with Crippen LogP contribution in [0.5, 0.6) is 0 Å². The Balaban J connectivity index is 2.02. The minimum atomic E-state index is -0.0691. The van der Waals surface area contributed by atoms with E-state index < -0.39 is 0 Å². The lowest BCUT2D eigenvalue weighted by Crippen LogP contribution is -2.35. The number of hydrogen-bond donors (Lipinski definition) is 0. The van der Waals surface area contributed by atoms with Gasteiger partial charge in [-0.3, -0.25) is 9.69 Å². The first-order valence-electron chi connectivity index (χ1n) is 8.69. The monoisotopic (exact) mass is 303 g/mol. The summed E-state index contributed by atoms with van der Waals surface area (Å²) in [5.41, 5.74) is 1.23. The van der Waals surface area contributed by atoms with Crippen LogP contribution >= 0.6 is 0 Å². The smallest absolute Gasteiger partial charge is 0.307 e. The molecule has 3 nitrogen and oxygen atoms in total. The minimum Gasteiger partial charge on any atom is -0.463 e. The summed E-state index contributed by atoms with van der Waals surface area (Å²) in [6.07, 6.45) is 6.22. The molecule has 0 spiro atoms. The fourth-order valence-electron chi connectivity index (χ4n) is 3.26. The zero-order valence-electron chi connectivity index (χ0n) is 14.0. The summed E-state index contributed by atoms with van der Waals surface area (Å²) in [7, 11) is 0. The molecule has 0 radical (unpaired) electrons. The van der Waals surface area contributed by atoms with Crippen LogP contribution in [-0.4, -0.2) is 30.1 Å². The molecule has 0 aromatic heterocycles. The van der Waals surface area contributed by atoms with Crippen LogP contribution < -0.4 is 0 Å². The summed E-state index contributed by atoms with van der Waals surface area (Å²) in [5.74, 6) is -0.0691. The van der Waals surface area contributed by atoms with Crippen molar-refractivity contribution < 1.29 is 9.53 Å². The van der Waals surface area contributed by atoms with Gasteiger partial charge in [-0.25, -0.2) is 0 Å². The second kappa shape index (κ2) is 8.94. The van der Waals surface area contributed by atoms with E-state index in [0.29, 0.717) is 6.42 Å². The largest absolute Gasteiger partial charge is 0.463 e. The van der Waals surface area contributed by atoms with Gasteiger partial charge in [0, 0.05) is 6.04 Å². The number of ether oxygens (including phenoxy) is 1. The van der Waals surface area contributed by atoms with Gasteiger partial charge >= 0.3 is 5.97 Å². The molecule has 2 atom stereocenters. The molecular weight excluding hydrogens is 274 g/mol. The lowest BCUT2D eigenvalue weighted by atomic mass is 9.99. The molecule has 22 heavy (non-hydrogen) atoms. The molecular formula is C19H29NO2. The first-order chi connectivity index (χ1) is 10.7. The van der Waals surface area contributed by atoms with Crippen LogP contribution in [0.15, 0.2) is 30.3 Å². The van der Waals surface area contributed by atoms with Crippen molar-refractivity contribution in [3.8, 4) is 0 Å². The van der Waals surface area contributed by atoms with Crippen molar-refractivity contribution >= 4 is 5.97 Å². The van der Waals surface area contributed by atoms with Crippen molar-refractivity contribution in [2.75, 3.05) is 13.1 Å². The Morgan fingerprint density at radius 2 is 1.86 bits per heavy atom. The molecule has 1 fully saturated rings. The van der Waals surface area contributed by atoms with Gasteiger partial charge in [0.05, 0.1) is 12.5 Å². The quantitative estimate of drug-likeness (QED) is 0.702. The highest BCUT2D eigenvalue weighted by molar-refractivity contribution is 5.70. The van der Waals surface area contributed by atoms with Gasteiger partial charge in [-0.1, -0.05) is 50.1 Å². The van der Waals surface area contributed by atoms with E-state index in [4.69, 9.17) is 4.74 Å². The van der Waals surface area contributed by atoms with Gasteiger partial charge in [-0.15, -0.1) is 0 Å². The number of benzene rings is 1. The SMILES string of the molecule is CCC[C@H](C)OC(=O)C[C@H](c1ccccc1)N1CCCCC1. The second-order valence-electron chi connectivity index (χ2n) is 6.32. The highest BCUT2D eigenvalue weighted by Crippen LogP contribution is 2.28. The Labute approximate surface area is 134 Å². The van der Waals surface area contributed by atoms with E-state index in [0.717, 1.165) is 25.9 Å². The van der Waals surface area contributed by atoms with Crippen molar-refractivity contribution in [1.29, 1.82) is 0 Å². The van der Waals surface area contributed by atoms with Crippen molar-refractivity contribution in [1.82, 2.24) is 4.90 Å². The molecule has 2 rings (SSSR count). The molecule has 1 saturated heterocycles. The van der Waals surface area contributed by atoms with Crippen LogP contribution in [0.3, 0.4) is 0 Å². The number of piperidine rings is 1. The Morgan fingerprint density at radius 1 is 1.18 bits per heavy atom. The first-order valence-corrected chi connectivity index (χ1v) is 8.69. The van der Waals surface area contributed by atoms with Gasteiger partial charge in [0.25, 0.3) is 0 Å². The van der Waals surface area contributed by atoms with E-state index in [1.165, 1.54) is 24.8 Å². The molecule has 3 heteroatoms. The number of hydrogen-bond acceptors (Lipinski definition) is 3. The van der Waals surface area contributed by atoms with E-state index in [1.807, 2.05) is 13.0 Å². The average molecular weight is 303 g/mol. The molecule has 1 aliphatic heterocycles. The van der Waals surface area contributed by atoms with E-state index in [-0.39, 0.29) is 18.1 Å². The number of carbonyl (C=O) groups is 1. The third-order valence-corrected chi connectivity index (χ3v) is 4.40. The zero-order chi connectivity index (χ0) is 15.8. The Bertz CT molecular complexity index is 440. The molecule has 0 saturated carbocycles. The van der Waals surface area contributed by atoms with E-state index in [2.05, 4.69) is 36.1 Å². The van der Waals surface area contributed by atoms with Crippen molar-refractivity contribution in [2.24, 2.45) is 0 Å². The molecule has 0 unspecified atom stereocenters. The fraction of sp³-hybridized carbons (Fsp3) is 0.632. The fourth-order valence-corrected chi connectivity index (χ4v) is 3.26. The number of carbonyl (C=O) groups excluding carboxylic acids is 1. The predicted octanol–water partition coefficient (Wildman–Crippen LogP) is 4.34. The molecule has 0 amide bonds. The first kappa shape index (κ1) is 17.0. The zero-order valence-corrected chi connectivity index (χ0v) is 14.0. The number of likely N-dealkylation sites (tertiary alicyclic amines) is 1. The summed E-state index contributed by atoms with van der Waals surface area (Å²) in [6, 6.07) is 10.5. The second-order valence-corrected chi connectivity index (χ2v) is 6.32. The Morgan fingerprint density at radius 3 is 2.50 bits per heavy atom. The average Bonchev–Trinajstić information content (AvgIpc) is 2.54. The molecule has 1 aromatic carbocycles. The van der Waals surface area contributed by atoms with Gasteiger partial charge in [-0.2, -0.15) is 0 Å². The summed E-state index contributed by atoms with van der Waals surface area (Å²) in [4.78, 5) is 14.8. The predicted molar refractivity (Wildman–Crippen MR) is 89.7 cm³/mol. The van der Waals surface area contributed by atoms with Gasteiger partial charge < -0.3 is 4.74 Å². The molecule has 0 N–H and O–H groups in total. The molecule has 1 aromatic rings. The molecule has 0 bridgehead atoms. The van der Waals surface area contributed by atoms with Gasteiger partial charge in [-0.05, 0) is 44.8 Å². The maximum Gasteiger partial charge on any atom is 0.307 e. The highest BCUT2D eigenvalue weighted by atomic mass is 16.5. The topological polar surface area (TPSA) is 29.5 Å². The number of esters is 1. The molecule has 1 aliphatic rings. The molecule has 1 heterocycles. The summed E-state index contributed by atoms with van der Waals surface area (Å²) in [5, 5.41) is 0. The lowest BCUT2D eigenvalue weighted by Gasteiger charge is -2.34. The highest BCUT2D eigenvalue weighted by Gasteiger charge is 2.25. The van der Waals surface area contributed by atoms with Gasteiger partial charge in [0.15, 0.2) is 0 Å². The lowest BCUT2D eigenvalue weighted by molar-refractivity contribution is -0.150. The number of rotatable bonds is 7. The summed E-state index contributed by atoms with van der Waals surface area (Å²) < 4.78 is 5.57. The van der Waals surface area contributed by atoms with E-state index >= 15 is 0 Å². The van der Waals surface area contributed by atoms with Crippen LogP contribution in [-0.2, 0) is 9.53 Å². The van der Waals surface area contributed by atoms with Crippen LogP contribution in [0.25, 0.3) is 0 Å². The van der Waals surface area contributed by atoms with Crippen LogP contribution in [0.2, 0.25) is 0 Å². The van der Waals surface area contributed by atoms with Crippen LogP contribution in [0, 0.1) is 0 Å². The van der Waals surface area contributed by atoms with Gasteiger partial charge in [0.2, 0.25) is 0 Å². The maximum absolute atomic E-state index is 12.3. The van der Waals surface area contributed by atoms with E-state index in [1.54, 1.807) is 0 Å². The maximum atomic E-state index is 12.3. The third-order valence-electron chi connectivity index (χ3n) is 4.40. The third kappa shape index (κ3) is 5.13. The normalized spacial score (nSPS) is 18.6. The molecule has 122 valence electrons.